The molecule has 0 fully saturated rings. The smallest absolute Gasteiger partial charge is 0.550 e. The summed E-state index contributed by atoms with van der Waals surface area (Å²) in [5.41, 5.74) is 0. The third-order valence-electron chi connectivity index (χ3n) is 4.85. The molecule has 190 valence electrons. The van der Waals surface area contributed by atoms with Crippen LogP contribution in [0.2, 0.25) is 0 Å². The Hall–Kier alpha value is 0.110. The maximum absolute atomic E-state index is 10.5. The third kappa shape index (κ3) is 36.8. The predicted molar refractivity (Wildman–Crippen MR) is 134 cm³/mol. The second-order valence-corrected chi connectivity index (χ2v) is 8.46. The third-order valence-corrected chi connectivity index (χ3v) is 5.37. The molecule has 0 saturated carbocycles. The Bertz CT molecular complexity index is 435. The number of hydrogen-bond acceptors (Lipinski definition) is 8. The Morgan fingerprint density at radius 3 is 1.18 bits per heavy atom. The molecule has 0 rings (SSSR count). The molecule has 0 atom stereocenters. The van der Waals surface area contributed by atoms with Crippen LogP contribution in [0.5, 0.6) is 0 Å². The van der Waals surface area contributed by atoms with Crippen LogP contribution in [0.3, 0.4) is 0 Å². The van der Waals surface area contributed by atoms with Crippen molar-refractivity contribution in [2.75, 3.05) is 24.7 Å². The number of esters is 2. The van der Waals surface area contributed by atoms with E-state index in [1.807, 2.05) is 0 Å². The number of hydrogen-bond donors (Lipinski definition) is 2. The van der Waals surface area contributed by atoms with Gasteiger partial charge in [0.2, 0.25) is 0 Å². The van der Waals surface area contributed by atoms with Crippen LogP contribution in [0, 0.1) is 0 Å². The number of thiol groups is 2. The standard InChI is InChI=1S/C18H36O2.C6H10O4S2.Na/c1-2-3-4-5-6-7-8-9-10-11-12-13-14-15-16-17-18(19)20;7-5(3-11)9-1-2-10-6(8)4-12;/h2-17H2,1H3,(H,19,20);11-12H,1-4H2;/q;;+1/p-1. The minimum atomic E-state index is -0.903. The topological polar surface area (TPSA) is 92.7 Å². The quantitative estimate of drug-likeness (QED) is 0.105. The van der Waals surface area contributed by atoms with Crippen LogP contribution in [-0.2, 0) is 23.9 Å². The van der Waals surface area contributed by atoms with Crippen molar-refractivity contribution in [3.05, 3.63) is 0 Å². The fraction of sp³-hybridized carbons (Fsp3) is 0.875. The summed E-state index contributed by atoms with van der Waals surface area (Å²) in [6, 6.07) is 0. The van der Waals surface area contributed by atoms with Crippen LogP contribution >= 0.6 is 25.3 Å². The molecule has 9 heteroatoms. The van der Waals surface area contributed by atoms with Crippen LogP contribution in [-0.4, -0.2) is 42.6 Å². The van der Waals surface area contributed by atoms with E-state index in [9.17, 15) is 19.5 Å². The molecule has 0 unspecified atom stereocenters. The molecule has 0 aromatic heterocycles. The van der Waals surface area contributed by atoms with Gasteiger partial charge in [0.1, 0.15) is 13.2 Å². The molecule has 0 amide bonds. The Labute approximate surface area is 234 Å². The van der Waals surface area contributed by atoms with Crippen molar-refractivity contribution in [3.8, 4) is 0 Å². The number of carboxylic acid groups (broad SMARTS) is 1. The molecular weight excluding hydrogens is 471 g/mol. The molecule has 0 radical (unpaired) electrons. The first-order valence-corrected chi connectivity index (χ1v) is 13.5. The summed E-state index contributed by atoms with van der Waals surface area (Å²) in [4.78, 5) is 31.2. The van der Waals surface area contributed by atoms with E-state index in [2.05, 4.69) is 41.7 Å². The van der Waals surface area contributed by atoms with Gasteiger partial charge in [0.05, 0.1) is 11.5 Å². The van der Waals surface area contributed by atoms with Crippen molar-refractivity contribution in [2.45, 2.75) is 110 Å². The van der Waals surface area contributed by atoms with E-state index in [-0.39, 0.29) is 60.7 Å². The minimum absolute atomic E-state index is 0. The normalized spacial score (nSPS) is 9.91. The van der Waals surface area contributed by atoms with Crippen LogP contribution < -0.4 is 34.7 Å². The molecule has 0 aliphatic heterocycles. The van der Waals surface area contributed by atoms with E-state index in [1.165, 1.54) is 83.5 Å². The molecule has 0 saturated heterocycles. The molecule has 0 aromatic carbocycles. The predicted octanol–water partition coefficient (Wildman–Crippen LogP) is 1.93. The molecule has 33 heavy (non-hydrogen) atoms. The molecule has 6 nitrogen and oxygen atoms in total. The van der Waals surface area contributed by atoms with Crippen molar-refractivity contribution in [3.63, 3.8) is 0 Å². The van der Waals surface area contributed by atoms with Crippen molar-refractivity contribution in [2.24, 2.45) is 0 Å². The summed E-state index contributed by atoms with van der Waals surface area (Å²) in [5.74, 6) is -1.71. The van der Waals surface area contributed by atoms with Gasteiger partial charge in [-0.1, -0.05) is 96.8 Å². The van der Waals surface area contributed by atoms with Gasteiger partial charge in [0, 0.05) is 5.97 Å². The second kappa shape index (κ2) is 32.1. The van der Waals surface area contributed by atoms with E-state index in [4.69, 9.17) is 0 Å². The summed E-state index contributed by atoms with van der Waals surface area (Å²) in [7, 11) is 0. The minimum Gasteiger partial charge on any atom is -0.550 e. The van der Waals surface area contributed by atoms with Gasteiger partial charge in [-0.3, -0.25) is 9.59 Å². The van der Waals surface area contributed by atoms with Crippen molar-refractivity contribution in [1.82, 2.24) is 0 Å². The van der Waals surface area contributed by atoms with Gasteiger partial charge >= 0.3 is 41.5 Å². The van der Waals surface area contributed by atoms with Crippen LogP contribution in [0.25, 0.3) is 0 Å². The summed E-state index contributed by atoms with van der Waals surface area (Å²) in [6.45, 7) is 2.40. The second-order valence-electron chi connectivity index (χ2n) is 7.83. The van der Waals surface area contributed by atoms with E-state index < -0.39 is 17.9 Å². The van der Waals surface area contributed by atoms with Crippen LogP contribution in [0.4, 0.5) is 0 Å². The van der Waals surface area contributed by atoms with Gasteiger partial charge in [-0.25, -0.2) is 0 Å². The maximum atomic E-state index is 10.5. The summed E-state index contributed by atoms with van der Waals surface area (Å²) < 4.78 is 9.14. The summed E-state index contributed by atoms with van der Waals surface area (Å²) >= 11 is 7.36. The molecule has 0 N–H and O–H groups in total. The molecule has 0 heterocycles. The van der Waals surface area contributed by atoms with Gasteiger partial charge < -0.3 is 19.4 Å². The molecular formula is C24H45NaO6S2. The molecule has 0 spiro atoms. The summed E-state index contributed by atoms with van der Waals surface area (Å²) in [5, 5.41) is 10.2. The average Bonchev–Trinajstić information content (AvgIpc) is 2.79. The first-order chi connectivity index (χ1) is 15.5. The number of unbranched alkanes of at least 4 members (excludes halogenated alkanes) is 14. The van der Waals surface area contributed by atoms with Gasteiger partial charge in [-0.2, -0.15) is 25.3 Å². The average molecular weight is 517 g/mol. The van der Waals surface area contributed by atoms with Crippen LogP contribution in [0.1, 0.15) is 110 Å². The van der Waals surface area contributed by atoms with Gasteiger partial charge in [0.25, 0.3) is 0 Å². The first-order valence-electron chi connectivity index (χ1n) is 12.2. The monoisotopic (exact) mass is 516 g/mol. The molecule has 0 aliphatic rings. The van der Waals surface area contributed by atoms with E-state index in [0.29, 0.717) is 0 Å². The van der Waals surface area contributed by atoms with Gasteiger partial charge in [0.15, 0.2) is 0 Å². The zero-order valence-electron chi connectivity index (χ0n) is 21.0. The van der Waals surface area contributed by atoms with E-state index >= 15 is 0 Å². The van der Waals surface area contributed by atoms with Crippen LogP contribution in [0.15, 0.2) is 0 Å². The number of aliphatic carboxylic acids is 1. The number of ether oxygens (including phenoxy) is 2. The van der Waals surface area contributed by atoms with Gasteiger partial charge in [-0.15, -0.1) is 0 Å². The largest absolute Gasteiger partial charge is 1.00 e. The van der Waals surface area contributed by atoms with Crippen molar-refractivity contribution < 1.29 is 58.5 Å². The summed E-state index contributed by atoms with van der Waals surface area (Å²) in [6.07, 6.45) is 19.9. The molecule has 0 bridgehead atoms. The Morgan fingerprint density at radius 1 is 0.606 bits per heavy atom. The zero-order chi connectivity index (χ0) is 24.3. The Morgan fingerprint density at radius 2 is 0.909 bits per heavy atom. The van der Waals surface area contributed by atoms with E-state index in [1.54, 1.807) is 0 Å². The number of carboxylic acids is 1. The van der Waals surface area contributed by atoms with Gasteiger partial charge in [-0.05, 0) is 12.8 Å². The number of carbonyl (C=O) groups excluding carboxylic acids is 3. The fourth-order valence-electron chi connectivity index (χ4n) is 3.04. The fourth-order valence-corrected chi connectivity index (χ4v) is 3.23. The van der Waals surface area contributed by atoms with E-state index in [0.717, 1.165) is 12.8 Å². The number of rotatable bonds is 21. The molecule has 0 aliphatic carbocycles. The molecule has 0 aromatic rings. The van der Waals surface area contributed by atoms with Crippen molar-refractivity contribution in [1.29, 1.82) is 0 Å². The zero-order valence-corrected chi connectivity index (χ0v) is 24.8. The Kier molecular flexibility index (Phi) is 36.6. The first kappa shape index (κ1) is 37.7. The maximum Gasteiger partial charge on any atom is 1.00 e. The SMILES string of the molecule is CCCCCCCCCCCCCCCCCC(=O)[O-].O=C(CS)OCCOC(=O)CS.[Na+]. The van der Waals surface area contributed by atoms with Crippen molar-refractivity contribution >= 4 is 43.2 Å². The Balaban J connectivity index is -0.000000596. The number of carbonyl (C=O) groups is 3.